The first-order chi connectivity index (χ1) is 6.18. The van der Waals surface area contributed by atoms with Crippen LogP contribution in [0.1, 0.15) is 19.3 Å². The monoisotopic (exact) mass is 186 g/mol. The van der Waals surface area contributed by atoms with E-state index in [1.54, 1.807) is 0 Å². The molecule has 1 fully saturated rings. The number of carbonyl (C=O) groups is 1. The van der Waals surface area contributed by atoms with Crippen molar-refractivity contribution < 1.29 is 9.53 Å². The summed E-state index contributed by atoms with van der Waals surface area (Å²) in [5.74, 6) is -0.237. The first-order valence-electron chi connectivity index (χ1n) is 4.77. The van der Waals surface area contributed by atoms with Crippen LogP contribution in [0.5, 0.6) is 0 Å². The van der Waals surface area contributed by atoms with E-state index in [1.165, 1.54) is 0 Å². The van der Waals surface area contributed by atoms with Crippen LogP contribution >= 0.6 is 0 Å². The Bertz CT molecular complexity index is 167. The van der Waals surface area contributed by atoms with E-state index in [0.717, 1.165) is 32.5 Å². The Morgan fingerprint density at radius 3 is 3.00 bits per heavy atom. The molecule has 13 heavy (non-hydrogen) atoms. The van der Waals surface area contributed by atoms with Crippen molar-refractivity contribution in [1.29, 1.82) is 0 Å². The molecule has 1 unspecified atom stereocenters. The third-order valence-corrected chi connectivity index (χ3v) is 2.28. The summed E-state index contributed by atoms with van der Waals surface area (Å²) in [6.07, 6.45) is 3.09. The van der Waals surface area contributed by atoms with E-state index >= 15 is 0 Å². The van der Waals surface area contributed by atoms with E-state index in [0.29, 0.717) is 12.5 Å². The summed E-state index contributed by atoms with van der Waals surface area (Å²) in [7, 11) is 1.99. The van der Waals surface area contributed by atoms with Crippen molar-refractivity contribution >= 4 is 5.91 Å². The van der Waals surface area contributed by atoms with E-state index < -0.39 is 0 Å². The molecule has 1 amide bonds. The van der Waals surface area contributed by atoms with Gasteiger partial charge in [0.1, 0.15) is 0 Å². The Morgan fingerprint density at radius 2 is 2.46 bits per heavy atom. The van der Waals surface area contributed by atoms with Gasteiger partial charge in [-0.3, -0.25) is 4.79 Å². The summed E-state index contributed by atoms with van der Waals surface area (Å²) in [5.41, 5.74) is 5.05. The number of rotatable bonds is 5. The minimum atomic E-state index is -0.237. The molecule has 2 N–H and O–H groups in total. The number of carbonyl (C=O) groups excluding carboxylic acids is 1. The van der Waals surface area contributed by atoms with Crippen LogP contribution in [0, 0.1) is 0 Å². The molecule has 4 heteroatoms. The minimum Gasteiger partial charge on any atom is -0.377 e. The maximum absolute atomic E-state index is 10.5. The summed E-state index contributed by atoms with van der Waals surface area (Å²) >= 11 is 0. The molecular weight excluding hydrogens is 168 g/mol. The summed E-state index contributed by atoms with van der Waals surface area (Å²) in [6, 6.07) is 0. The largest absolute Gasteiger partial charge is 0.377 e. The molecule has 1 aliphatic heterocycles. The number of nitrogens with two attached hydrogens (primary N) is 1. The van der Waals surface area contributed by atoms with Gasteiger partial charge in [-0.05, 0) is 19.9 Å². The molecule has 0 aromatic carbocycles. The normalized spacial score (nSPS) is 22.5. The van der Waals surface area contributed by atoms with Gasteiger partial charge in [0.05, 0.1) is 6.10 Å². The lowest BCUT2D eigenvalue weighted by atomic mass is 10.2. The van der Waals surface area contributed by atoms with Crippen LogP contribution in [0.4, 0.5) is 0 Å². The van der Waals surface area contributed by atoms with Crippen LogP contribution in [-0.4, -0.2) is 43.7 Å². The minimum absolute atomic E-state index is 0.237. The van der Waals surface area contributed by atoms with Crippen molar-refractivity contribution in [2.45, 2.75) is 25.4 Å². The maximum atomic E-state index is 10.5. The average molecular weight is 186 g/mol. The molecule has 0 radical (unpaired) electrons. The molecule has 76 valence electrons. The van der Waals surface area contributed by atoms with Gasteiger partial charge in [-0.2, -0.15) is 0 Å². The molecule has 0 aliphatic carbocycles. The zero-order valence-electron chi connectivity index (χ0n) is 8.16. The third-order valence-electron chi connectivity index (χ3n) is 2.28. The smallest absolute Gasteiger partial charge is 0.218 e. The zero-order valence-corrected chi connectivity index (χ0v) is 8.16. The van der Waals surface area contributed by atoms with Crippen molar-refractivity contribution in [3.63, 3.8) is 0 Å². The van der Waals surface area contributed by atoms with E-state index in [4.69, 9.17) is 10.5 Å². The van der Waals surface area contributed by atoms with Crippen LogP contribution in [-0.2, 0) is 9.53 Å². The van der Waals surface area contributed by atoms with E-state index in [1.807, 2.05) is 7.05 Å². The van der Waals surface area contributed by atoms with Gasteiger partial charge >= 0.3 is 0 Å². The fourth-order valence-corrected chi connectivity index (χ4v) is 1.53. The fraction of sp³-hybridized carbons (Fsp3) is 0.889. The Balaban J connectivity index is 2.09. The van der Waals surface area contributed by atoms with Crippen LogP contribution in [0.15, 0.2) is 0 Å². The summed E-state index contributed by atoms with van der Waals surface area (Å²) in [4.78, 5) is 12.6. The Morgan fingerprint density at radius 1 is 1.69 bits per heavy atom. The predicted molar refractivity (Wildman–Crippen MR) is 50.3 cm³/mol. The van der Waals surface area contributed by atoms with Crippen LogP contribution in [0.2, 0.25) is 0 Å². The highest BCUT2D eigenvalue weighted by Gasteiger charge is 2.17. The SMILES string of the molecule is CN(CCC(N)=O)CC1CCCO1. The van der Waals surface area contributed by atoms with Crippen molar-refractivity contribution in [3.05, 3.63) is 0 Å². The molecule has 1 rings (SSSR count). The second-order valence-electron chi connectivity index (χ2n) is 3.61. The molecule has 1 aliphatic rings. The fourth-order valence-electron chi connectivity index (χ4n) is 1.53. The lowest BCUT2D eigenvalue weighted by Gasteiger charge is -2.19. The van der Waals surface area contributed by atoms with Crippen LogP contribution in [0.3, 0.4) is 0 Å². The third kappa shape index (κ3) is 4.24. The Hall–Kier alpha value is -0.610. The molecule has 0 saturated carbocycles. The first kappa shape index (κ1) is 10.5. The second-order valence-corrected chi connectivity index (χ2v) is 3.61. The molecule has 0 aromatic rings. The number of amides is 1. The highest BCUT2D eigenvalue weighted by Crippen LogP contribution is 2.12. The standard InChI is InChI=1S/C9H18N2O2/c1-11(5-4-9(10)12)7-8-3-2-6-13-8/h8H,2-7H2,1H3,(H2,10,12). The highest BCUT2D eigenvalue weighted by molar-refractivity contribution is 5.73. The lowest BCUT2D eigenvalue weighted by molar-refractivity contribution is -0.118. The maximum Gasteiger partial charge on any atom is 0.218 e. The van der Waals surface area contributed by atoms with E-state index in [2.05, 4.69) is 4.90 Å². The second kappa shape index (κ2) is 5.19. The molecule has 0 bridgehead atoms. The predicted octanol–water partition coefficient (Wildman–Crippen LogP) is -0.0274. The Labute approximate surface area is 79.0 Å². The zero-order chi connectivity index (χ0) is 9.68. The van der Waals surface area contributed by atoms with E-state index in [9.17, 15) is 4.79 Å². The molecule has 0 spiro atoms. The van der Waals surface area contributed by atoms with Gasteiger partial charge in [-0.25, -0.2) is 0 Å². The van der Waals surface area contributed by atoms with Gasteiger partial charge in [-0.15, -0.1) is 0 Å². The first-order valence-corrected chi connectivity index (χ1v) is 4.77. The highest BCUT2D eigenvalue weighted by atomic mass is 16.5. The summed E-state index contributed by atoms with van der Waals surface area (Å²) in [6.45, 7) is 2.52. The molecule has 1 saturated heterocycles. The van der Waals surface area contributed by atoms with Crippen molar-refractivity contribution in [3.8, 4) is 0 Å². The van der Waals surface area contributed by atoms with Crippen molar-refractivity contribution in [1.82, 2.24) is 4.90 Å². The molecule has 4 nitrogen and oxygen atoms in total. The number of ether oxygens (including phenoxy) is 1. The number of hydrogen-bond donors (Lipinski definition) is 1. The van der Waals surface area contributed by atoms with Crippen LogP contribution < -0.4 is 5.73 Å². The molecule has 1 heterocycles. The van der Waals surface area contributed by atoms with Gasteiger partial charge in [0.2, 0.25) is 5.91 Å². The summed E-state index contributed by atoms with van der Waals surface area (Å²) in [5, 5.41) is 0. The number of hydrogen-bond acceptors (Lipinski definition) is 3. The van der Waals surface area contributed by atoms with Gasteiger partial charge < -0.3 is 15.4 Å². The molecule has 0 aromatic heterocycles. The average Bonchev–Trinajstić information content (AvgIpc) is 2.53. The topological polar surface area (TPSA) is 55.6 Å². The van der Waals surface area contributed by atoms with Gasteiger partial charge in [0.15, 0.2) is 0 Å². The van der Waals surface area contributed by atoms with E-state index in [-0.39, 0.29) is 5.91 Å². The quantitative estimate of drug-likeness (QED) is 0.656. The number of likely N-dealkylation sites (N-methyl/N-ethyl adjacent to an activating group) is 1. The number of primary amides is 1. The van der Waals surface area contributed by atoms with Crippen LogP contribution in [0.25, 0.3) is 0 Å². The van der Waals surface area contributed by atoms with Crippen molar-refractivity contribution in [2.75, 3.05) is 26.7 Å². The lowest BCUT2D eigenvalue weighted by Crippen LogP contribution is -2.31. The summed E-state index contributed by atoms with van der Waals surface area (Å²) < 4.78 is 5.47. The van der Waals surface area contributed by atoms with Crippen molar-refractivity contribution in [2.24, 2.45) is 5.73 Å². The number of nitrogens with zero attached hydrogens (tertiary/aromatic N) is 1. The Kier molecular flexibility index (Phi) is 4.18. The molecular formula is C9H18N2O2. The molecule has 1 atom stereocenters. The van der Waals surface area contributed by atoms with Gasteiger partial charge in [0.25, 0.3) is 0 Å². The van der Waals surface area contributed by atoms with Gasteiger partial charge in [0, 0.05) is 26.1 Å². The van der Waals surface area contributed by atoms with Gasteiger partial charge in [-0.1, -0.05) is 0 Å².